The Morgan fingerprint density at radius 2 is 1.59 bits per heavy atom. The average Bonchev–Trinajstić information content (AvgIpc) is 2.70. The van der Waals surface area contributed by atoms with Gasteiger partial charge < -0.3 is 20.1 Å². The largest absolute Gasteiger partial charge is 0.508 e. The van der Waals surface area contributed by atoms with Crippen molar-refractivity contribution < 1.29 is 23.1 Å². The first kappa shape index (κ1) is 19.9. The third kappa shape index (κ3) is 5.10. The Morgan fingerprint density at radius 1 is 1.00 bits per heavy atom. The summed E-state index contributed by atoms with van der Waals surface area (Å²) in [5, 5.41) is 12.1. The number of aromatic hydroxyl groups is 1. The Bertz CT molecular complexity index is 726. The van der Waals surface area contributed by atoms with E-state index < -0.39 is 10.2 Å². The molecule has 2 N–H and O–H groups in total. The lowest BCUT2D eigenvalue weighted by Crippen LogP contribution is -2.57. The topological polar surface area (TPSA) is 102 Å². The number of amides is 2. The van der Waals surface area contributed by atoms with Crippen molar-refractivity contribution in [2.75, 3.05) is 59.0 Å². The van der Waals surface area contributed by atoms with E-state index in [0.717, 1.165) is 5.56 Å². The molecule has 1 aromatic carbocycles. The van der Waals surface area contributed by atoms with Gasteiger partial charge in [-0.15, -0.1) is 0 Å². The molecule has 2 heterocycles. The molecule has 3 rings (SSSR count). The highest BCUT2D eigenvalue weighted by molar-refractivity contribution is 7.86. The number of phenolic OH excluding ortho intramolecular Hbond substituents is 1. The molecule has 1 aromatic rings. The number of piperazine rings is 1. The summed E-state index contributed by atoms with van der Waals surface area (Å²) >= 11 is 0. The zero-order valence-electron chi connectivity index (χ0n) is 15.2. The fourth-order valence-corrected chi connectivity index (χ4v) is 4.71. The van der Waals surface area contributed by atoms with E-state index >= 15 is 0 Å². The van der Waals surface area contributed by atoms with Crippen molar-refractivity contribution >= 4 is 16.2 Å². The Kier molecular flexibility index (Phi) is 6.53. The fraction of sp³-hybridized carbons (Fsp3) is 0.588. The normalized spacial score (nSPS) is 19.8. The lowest BCUT2D eigenvalue weighted by Gasteiger charge is -2.37. The highest BCUT2D eigenvalue weighted by Crippen LogP contribution is 2.14. The second-order valence-corrected chi connectivity index (χ2v) is 8.48. The molecule has 0 atom stereocenters. The molecule has 0 spiro atoms. The minimum Gasteiger partial charge on any atom is -0.508 e. The zero-order valence-corrected chi connectivity index (χ0v) is 16.0. The van der Waals surface area contributed by atoms with E-state index in [1.807, 2.05) is 12.1 Å². The molecule has 0 bridgehead atoms. The van der Waals surface area contributed by atoms with Gasteiger partial charge >= 0.3 is 6.03 Å². The highest BCUT2D eigenvalue weighted by atomic mass is 32.2. The predicted molar refractivity (Wildman–Crippen MR) is 99.7 cm³/mol. The lowest BCUT2D eigenvalue weighted by atomic mass is 10.1. The molecule has 0 unspecified atom stereocenters. The van der Waals surface area contributed by atoms with Crippen LogP contribution in [0.5, 0.6) is 5.75 Å². The lowest BCUT2D eigenvalue weighted by molar-refractivity contribution is 0.0690. The van der Waals surface area contributed by atoms with Gasteiger partial charge in [0.2, 0.25) is 0 Å². The van der Waals surface area contributed by atoms with E-state index in [0.29, 0.717) is 65.4 Å². The maximum Gasteiger partial charge on any atom is 0.317 e. The van der Waals surface area contributed by atoms with E-state index in [9.17, 15) is 18.3 Å². The van der Waals surface area contributed by atoms with Crippen molar-refractivity contribution in [2.24, 2.45) is 0 Å². The van der Waals surface area contributed by atoms with Crippen molar-refractivity contribution in [3.8, 4) is 5.75 Å². The van der Waals surface area contributed by atoms with Crippen LogP contribution in [0.25, 0.3) is 0 Å². The summed E-state index contributed by atoms with van der Waals surface area (Å²) in [5.74, 6) is 0.215. The number of rotatable bonds is 5. The van der Waals surface area contributed by atoms with Crippen LogP contribution in [0.2, 0.25) is 0 Å². The van der Waals surface area contributed by atoms with Crippen LogP contribution < -0.4 is 5.32 Å². The number of nitrogens with one attached hydrogen (secondary N) is 1. The molecule has 2 amide bonds. The zero-order chi connectivity index (χ0) is 19.3. The summed E-state index contributed by atoms with van der Waals surface area (Å²) < 4.78 is 33.4. The van der Waals surface area contributed by atoms with Gasteiger partial charge in [-0.1, -0.05) is 12.1 Å². The van der Waals surface area contributed by atoms with Gasteiger partial charge in [-0.05, 0) is 24.1 Å². The smallest absolute Gasteiger partial charge is 0.317 e. The van der Waals surface area contributed by atoms with Crippen LogP contribution in [0.1, 0.15) is 5.56 Å². The van der Waals surface area contributed by atoms with Crippen LogP contribution in [0, 0.1) is 0 Å². The Labute approximate surface area is 159 Å². The number of morpholine rings is 1. The molecule has 2 aliphatic heterocycles. The number of hydrogen-bond acceptors (Lipinski definition) is 5. The van der Waals surface area contributed by atoms with Crippen molar-refractivity contribution in [3.63, 3.8) is 0 Å². The van der Waals surface area contributed by atoms with Gasteiger partial charge in [0.1, 0.15) is 5.75 Å². The monoisotopic (exact) mass is 398 g/mol. The number of carbonyl (C=O) groups is 1. The first-order valence-corrected chi connectivity index (χ1v) is 10.5. The van der Waals surface area contributed by atoms with Crippen LogP contribution in [-0.2, 0) is 21.4 Å². The molecular weight excluding hydrogens is 372 g/mol. The van der Waals surface area contributed by atoms with Gasteiger partial charge in [0.15, 0.2) is 0 Å². The second kappa shape index (κ2) is 8.87. The maximum absolute atomic E-state index is 12.6. The number of benzene rings is 1. The van der Waals surface area contributed by atoms with Crippen LogP contribution >= 0.6 is 0 Å². The molecular formula is C17H26N4O5S. The molecule has 27 heavy (non-hydrogen) atoms. The number of ether oxygens (including phenoxy) is 1. The number of hydrogen-bond donors (Lipinski definition) is 2. The molecule has 9 nitrogen and oxygen atoms in total. The summed E-state index contributed by atoms with van der Waals surface area (Å²) in [5.41, 5.74) is 1.02. The van der Waals surface area contributed by atoms with E-state index in [1.54, 1.807) is 17.0 Å². The molecule has 0 aliphatic carbocycles. The molecule has 10 heteroatoms. The van der Waals surface area contributed by atoms with Crippen LogP contribution in [0.4, 0.5) is 4.79 Å². The maximum atomic E-state index is 12.6. The highest BCUT2D eigenvalue weighted by Gasteiger charge is 2.34. The van der Waals surface area contributed by atoms with Crippen molar-refractivity contribution in [1.82, 2.24) is 18.8 Å². The van der Waals surface area contributed by atoms with Crippen molar-refractivity contribution in [2.45, 2.75) is 6.42 Å². The SMILES string of the molecule is O=C(NCCc1ccc(O)cc1)N1CCN(S(=O)(=O)N2CCOCC2)CC1. The summed E-state index contributed by atoms with van der Waals surface area (Å²) in [7, 11) is -3.48. The Hall–Kier alpha value is -1.88. The molecule has 0 aromatic heterocycles. The predicted octanol–water partition coefficient (Wildman–Crippen LogP) is -0.161. The van der Waals surface area contributed by atoms with Crippen molar-refractivity contribution in [1.29, 1.82) is 0 Å². The molecule has 2 aliphatic rings. The molecule has 0 saturated carbocycles. The van der Waals surface area contributed by atoms with Gasteiger partial charge in [-0.3, -0.25) is 0 Å². The third-order valence-corrected chi connectivity index (χ3v) is 6.81. The quantitative estimate of drug-likeness (QED) is 0.718. The number of urea groups is 1. The van der Waals surface area contributed by atoms with Crippen LogP contribution in [0.3, 0.4) is 0 Å². The van der Waals surface area contributed by atoms with E-state index in [2.05, 4.69) is 5.32 Å². The number of nitrogens with zero attached hydrogens (tertiary/aromatic N) is 3. The third-order valence-electron chi connectivity index (χ3n) is 4.77. The minimum atomic E-state index is -3.48. The summed E-state index contributed by atoms with van der Waals surface area (Å²) in [6, 6.07) is 6.68. The molecule has 2 fully saturated rings. The second-order valence-electron chi connectivity index (χ2n) is 6.55. The standard InChI is InChI=1S/C17H26N4O5S/c22-16-3-1-15(2-4-16)5-6-18-17(23)19-7-9-20(10-8-19)27(24,25)21-11-13-26-14-12-21/h1-4,22H,5-14H2,(H,18,23). The number of carbonyl (C=O) groups excluding carboxylic acids is 1. The van der Waals surface area contributed by atoms with Crippen LogP contribution in [-0.4, -0.2) is 92.1 Å². The summed E-state index contributed by atoms with van der Waals surface area (Å²) in [6.07, 6.45) is 0.664. The van der Waals surface area contributed by atoms with Gasteiger partial charge in [0, 0.05) is 45.8 Å². The molecule has 0 radical (unpaired) electrons. The Morgan fingerprint density at radius 3 is 2.22 bits per heavy atom. The molecule has 2 saturated heterocycles. The van der Waals surface area contributed by atoms with Crippen molar-refractivity contribution in [3.05, 3.63) is 29.8 Å². The minimum absolute atomic E-state index is 0.183. The molecule has 150 valence electrons. The van der Waals surface area contributed by atoms with Gasteiger partial charge in [-0.25, -0.2) is 4.79 Å². The van der Waals surface area contributed by atoms with E-state index in [-0.39, 0.29) is 11.8 Å². The van der Waals surface area contributed by atoms with Gasteiger partial charge in [0.05, 0.1) is 13.2 Å². The van der Waals surface area contributed by atoms with Crippen LogP contribution in [0.15, 0.2) is 24.3 Å². The van der Waals surface area contributed by atoms with Gasteiger partial charge in [-0.2, -0.15) is 17.0 Å². The van der Waals surface area contributed by atoms with E-state index in [1.165, 1.54) is 8.61 Å². The fourth-order valence-electron chi connectivity index (χ4n) is 3.15. The first-order valence-electron chi connectivity index (χ1n) is 9.10. The number of phenols is 1. The Balaban J connectivity index is 1.42. The average molecular weight is 398 g/mol. The summed E-state index contributed by atoms with van der Waals surface area (Å²) in [6.45, 7) is 3.40. The first-order chi connectivity index (χ1) is 13.0. The van der Waals surface area contributed by atoms with E-state index in [4.69, 9.17) is 4.74 Å². The van der Waals surface area contributed by atoms with Gasteiger partial charge in [0.25, 0.3) is 10.2 Å². The summed E-state index contributed by atoms with van der Waals surface area (Å²) in [4.78, 5) is 13.9.